The first-order valence-corrected chi connectivity index (χ1v) is 8.31. The van der Waals surface area contributed by atoms with Gasteiger partial charge in [0, 0.05) is 32.4 Å². The number of nitrogens with one attached hydrogen (secondary N) is 1. The predicted molar refractivity (Wildman–Crippen MR) is 73.4 cm³/mol. The summed E-state index contributed by atoms with van der Waals surface area (Å²) in [4.78, 5) is 10.5. The highest BCUT2D eigenvalue weighted by Crippen LogP contribution is 2.21. The van der Waals surface area contributed by atoms with Gasteiger partial charge in [-0.3, -0.25) is 9.48 Å². The number of hydrogen-bond donors (Lipinski definition) is 2. The summed E-state index contributed by atoms with van der Waals surface area (Å²) in [5.74, 6) is -0.943. The summed E-state index contributed by atoms with van der Waals surface area (Å²) in [5, 5.41) is 12.6. The van der Waals surface area contributed by atoms with Crippen LogP contribution in [-0.4, -0.2) is 49.0 Å². The smallest absolute Gasteiger partial charge is 0.303 e. The van der Waals surface area contributed by atoms with Gasteiger partial charge in [0.15, 0.2) is 0 Å². The van der Waals surface area contributed by atoms with E-state index in [1.807, 2.05) is 0 Å². The first kappa shape index (κ1) is 15.9. The minimum Gasteiger partial charge on any atom is -0.481 e. The van der Waals surface area contributed by atoms with Gasteiger partial charge in [0.2, 0.25) is 10.0 Å². The molecule has 0 radical (unpaired) electrons. The molecular weight excluding hydrogens is 298 g/mol. The molecule has 2 heterocycles. The van der Waals surface area contributed by atoms with E-state index in [0.29, 0.717) is 13.2 Å². The number of rotatable bonds is 7. The van der Waals surface area contributed by atoms with E-state index >= 15 is 0 Å². The van der Waals surface area contributed by atoms with Crippen LogP contribution in [0.1, 0.15) is 31.7 Å². The van der Waals surface area contributed by atoms with Crippen molar-refractivity contribution in [1.29, 1.82) is 0 Å². The third-order valence-electron chi connectivity index (χ3n) is 3.31. The van der Waals surface area contributed by atoms with E-state index in [1.165, 1.54) is 12.4 Å². The van der Waals surface area contributed by atoms with Crippen LogP contribution in [0.4, 0.5) is 0 Å². The molecule has 118 valence electrons. The van der Waals surface area contributed by atoms with Crippen LogP contribution in [0, 0.1) is 0 Å². The molecule has 0 aromatic carbocycles. The fraction of sp³-hybridized carbons (Fsp3) is 0.667. The lowest BCUT2D eigenvalue weighted by Crippen LogP contribution is -2.25. The lowest BCUT2D eigenvalue weighted by Gasteiger charge is -2.22. The Morgan fingerprint density at radius 3 is 2.86 bits per heavy atom. The van der Waals surface area contributed by atoms with E-state index < -0.39 is 16.0 Å². The summed E-state index contributed by atoms with van der Waals surface area (Å²) >= 11 is 0. The molecule has 0 amide bonds. The molecule has 1 aliphatic heterocycles. The van der Waals surface area contributed by atoms with Crippen LogP contribution in [0.2, 0.25) is 0 Å². The number of sulfonamides is 1. The quantitative estimate of drug-likeness (QED) is 0.703. The van der Waals surface area contributed by atoms with E-state index in [1.54, 1.807) is 4.68 Å². The summed E-state index contributed by atoms with van der Waals surface area (Å²) in [5.41, 5.74) is 0. The summed E-state index contributed by atoms with van der Waals surface area (Å²) in [6.07, 6.45) is 4.64. The molecule has 2 rings (SSSR count). The van der Waals surface area contributed by atoms with Crippen molar-refractivity contribution in [2.75, 3.05) is 19.8 Å². The van der Waals surface area contributed by atoms with Gasteiger partial charge in [0.25, 0.3) is 0 Å². The van der Waals surface area contributed by atoms with Crippen molar-refractivity contribution >= 4 is 16.0 Å². The first-order valence-electron chi connectivity index (χ1n) is 6.82. The molecule has 1 saturated heterocycles. The van der Waals surface area contributed by atoms with Crippen molar-refractivity contribution in [3.05, 3.63) is 12.4 Å². The molecule has 1 aliphatic rings. The third-order valence-corrected chi connectivity index (χ3v) is 4.73. The van der Waals surface area contributed by atoms with Gasteiger partial charge < -0.3 is 9.84 Å². The van der Waals surface area contributed by atoms with E-state index in [-0.39, 0.29) is 30.3 Å². The largest absolute Gasteiger partial charge is 0.481 e. The Morgan fingerprint density at radius 2 is 2.19 bits per heavy atom. The maximum absolute atomic E-state index is 12.0. The van der Waals surface area contributed by atoms with Gasteiger partial charge in [0.1, 0.15) is 4.90 Å². The number of aliphatic carboxylic acids is 1. The Hall–Kier alpha value is -1.45. The zero-order valence-electron chi connectivity index (χ0n) is 11.6. The van der Waals surface area contributed by atoms with E-state index in [4.69, 9.17) is 9.84 Å². The molecular formula is C12H19N3O5S. The Morgan fingerprint density at radius 1 is 1.48 bits per heavy atom. The molecule has 9 heteroatoms. The van der Waals surface area contributed by atoms with E-state index in [0.717, 1.165) is 12.8 Å². The number of nitrogens with zero attached hydrogens (tertiary/aromatic N) is 2. The predicted octanol–water partition coefficient (Wildman–Crippen LogP) is 0.378. The number of carboxylic acids is 1. The van der Waals surface area contributed by atoms with Crippen LogP contribution in [0.25, 0.3) is 0 Å². The summed E-state index contributed by atoms with van der Waals surface area (Å²) in [6.45, 7) is 1.40. The van der Waals surface area contributed by atoms with Crippen molar-refractivity contribution < 1.29 is 23.1 Å². The van der Waals surface area contributed by atoms with Crippen LogP contribution < -0.4 is 4.72 Å². The van der Waals surface area contributed by atoms with Crippen molar-refractivity contribution in [3.8, 4) is 0 Å². The van der Waals surface area contributed by atoms with Crippen LogP contribution in [-0.2, 0) is 19.6 Å². The average Bonchev–Trinajstić information content (AvgIpc) is 2.95. The highest BCUT2D eigenvalue weighted by molar-refractivity contribution is 7.89. The Balaban J connectivity index is 1.93. The van der Waals surface area contributed by atoms with Gasteiger partial charge in [0.05, 0.1) is 12.2 Å². The van der Waals surface area contributed by atoms with Crippen LogP contribution in [0.3, 0.4) is 0 Å². The van der Waals surface area contributed by atoms with Gasteiger partial charge in [-0.25, -0.2) is 13.1 Å². The van der Waals surface area contributed by atoms with E-state index in [9.17, 15) is 13.2 Å². The van der Waals surface area contributed by atoms with Crippen molar-refractivity contribution in [3.63, 3.8) is 0 Å². The maximum atomic E-state index is 12.0. The van der Waals surface area contributed by atoms with Crippen LogP contribution in [0.15, 0.2) is 17.3 Å². The summed E-state index contributed by atoms with van der Waals surface area (Å²) in [7, 11) is -3.63. The maximum Gasteiger partial charge on any atom is 0.303 e. The number of carboxylic acid groups (broad SMARTS) is 1. The number of carbonyl (C=O) groups is 1. The van der Waals surface area contributed by atoms with Crippen LogP contribution >= 0.6 is 0 Å². The molecule has 2 N–H and O–H groups in total. The minimum absolute atomic E-state index is 0.0656. The monoisotopic (exact) mass is 317 g/mol. The highest BCUT2D eigenvalue weighted by Gasteiger charge is 2.20. The molecule has 21 heavy (non-hydrogen) atoms. The van der Waals surface area contributed by atoms with E-state index in [2.05, 4.69) is 9.82 Å². The zero-order chi connectivity index (χ0) is 15.3. The third kappa shape index (κ3) is 4.51. The molecule has 1 fully saturated rings. The zero-order valence-corrected chi connectivity index (χ0v) is 12.4. The minimum atomic E-state index is -3.63. The highest BCUT2D eigenvalue weighted by atomic mass is 32.2. The molecule has 1 aromatic rings. The van der Waals surface area contributed by atoms with Crippen molar-refractivity contribution in [2.45, 2.75) is 36.6 Å². The summed E-state index contributed by atoms with van der Waals surface area (Å²) in [6, 6.07) is 0.162. The molecule has 0 bridgehead atoms. The second-order valence-electron chi connectivity index (χ2n) is 4.89. The average molecular weight is 317 g/mol. The van der Waals surface area contributed by atoms with Gasteiger partial charge in [-0.1, -0.05) is 0 Å². The fourth-order valence-electron chi connectivity index (χ4n) is 2.14. The topological polar surface area (TPSA) is 111 Å². The fourth-order valence-corrected chi connectivity index (χ4v) is 3.15. The number of aromatic nitrogens is 2. The van der Waals surface area contributed by atoms with Crippen molar-refractivity contribution in [1.82, 2.24) is 14.5 Å². The SMILES string of the molecule is O=C(O)CCCNS(=O)(=O)c1cnn(C2CCOCC2)c1. The molecule has 0 spiro atoms. The normalized spacial score (nSPS) is 17.0. The Kier molecular flexibility index (Phi) is 5.32. The van der Waals surface area contributed by atoms with Gasteiger partial charge in [-0.05, 0) is 19.3 Å². The molecule has 0 saturated carbocycles. The Bertz CT molecular complexity index is 577. The van der Waals surface area contributed by atoms with Crippen molar-refractivity contribution in [2.24, 2.45) is 0 Å². The number of hydrogen-bond acceptors (Lipinski definition) is 5. The lowest BCUT2D eigenvalue weighted by atomic mass is 10.1. The molecule has 1 aromatic heterocycles. The van der Waals surface area contributed by atoms with Crippen LogP contribution in [0.5, 0.6) is 0 Å². The molecule has 8 nitrogen and oxygen atoms in total. The second kappa shape index (κ2) is 7.01. The second-order valence-corrected chi connectivity index (χ2v) is 6.66. The molecule has 0 aliphatic carbocycles. The molecule has 0 atom stereocenters. The number of ether oxygens (including phenoxy) is 1. The van der Waals surface area contributed by atoms with Gasteiger partial charge in [-0.15, -0.1) is 0 Å². The summed E-state index contributed by atoms with van der Waals surface area (Å²) < 4.78 is 33.4. The molecule has 0 unspecified atom stereocenters. The van der Waals surface area contributed by atoms with Gasteiger partial charge >= 0.3 is 5.97 Å². The lowest BCUT2D eigenvalue weighted by molar-refractivity contribution is -0.137. The Labute approximate surface area is 123 Å². The standard InChI is InChI=1S/C12H19N3O5S/c16-12(17)2-1-5-14-21(18,19)11-8-13-15(9-11)10-3-6-20-7-4-10/h8-10,14H,1-7H2,(H,16,17). The first-order chi connectivity index (χ1) is 9.99. The van der Waals surface area contributed by atoms with Gasteiger partial charge in [-0.2, -0.15) is 5.10 Å².